The molecule has 0 bridgehead atoms. The third-order valence-corrected chi connectivity index (χ3v) is 3.83. The van der Waals surface area contributed by atoms with Crippen LogP contribution in [0.1, 0.15) is 32.3 Å². The van der Waals surface area contributed by atoms with Crippen molar-refractivity contribution >= 4 is 23.2 Å². The normalized spacial score (nSPS) is 22.5. The molecule has 114 valence electrons. The van der Waals surface area contributed by atoms with Gasteiger partial charge in [-0.05, 0) is 5.92 Å². The number of pyridine rings is 1. The first-order valence-corrected chi connectivity index (χ1v) is 6.93. The Morgan fingerprint density at radius 1 is 1.43 bits per heavy atom. The molecule has 2 rings (SSSR count). The maximum Gasteiger partial charge on any atom is 0.241 e. The Morgan fingerprint density at radius 2 is 2.10 bits per heavy atom. The molecule has 3 unspecified atom stereocenters. The Balaban J connectivity index is 2.31. The largest absolute Gasteiger partial charge is 0.323 e. The van der Waals surface area contributed by atoms with Gasteiger partial charge in [-0.2, -0.15) is 0 Å². The molecule has 1 aliphatic heterocycles. The van der Waals surface area contributed by atoms with Gasteiger partial charge >= 0.3 is 0 Å². The zero-order valence-electron chi connectivity index (χ0n) is 12.4. The lowest BCUT2D eigenvalue weighted by Crippen LogP contribution is -2.44. The predicted molar refractivity (Wildman–Crippen MR) is 80.7 cm³/mol. The molecule has 6 N–H and O–H groups in total. The first-order chi connectivity index (χ1) is 9.82. The van der Waals surface area contributed by atoms with E-state index in [2.05, 4.69) is 15.6 Å². The van der Waals surface area contributed by atoms with Crippen molar-refractivity contribution in [3.05, 3.63) is 18.0 Å². The van der Waals surface area contributed by atoms with Crippen LogP contribution in [0.25, 0.3) is 0 Å². The Bertz CT molecular complexity index is 572. The Labute approximate surface area is 123 Å². The van der Waals surface area contributed by atoms with Gasteiger partial charge in [-0.1, -0.05) is 20.8 Å². The fraction of sp³-hybridized carbons (Fsp3) is 0.500. The van der Waals surface area contributed by atoms with Crippen LogP contribution in [0.2, 0.25) is 0 Å². The van der Waals surface area contributed by atoms with Crippen molar-refractivity contribution in [3.63, 3.8) is 0 Å². The summed E-state index contributed by atoms with van der Waals surface area (Å²) in [5, 5.41) is 5.45. The number of nitrogens with zero attached hydrogens (tertiary/aromatic N) is 1. The van der Waals surface area contributed by atoms with Gasteiger partial charge in [0.05, 0.1) is 29.7 Å². The summed E-state index contributed by atoms with van der Waals surface area (Å²) in [4.78, 5) is 28.0. The summed E-state index contributed by atoms with van der Waals surface area (Å²) in [5.41, 5.74) is 13.4. The van der Waals surface area contributed by atoms with E-state index in [1.807, 2.05) is 20.8 Å². The summed E-state index contributed by atoms with van der Waals surface area (Å²) >= 11 is 0. The van der Waals surface area contributed by atoms with Crippen LogP contribution in [0.4, 0.5) is 11.4 Å². The van der Waals surface area contributed by atoms with Gasteiger partial charge in [0.15, 0.2) is 0 Å². The zero-order valence-corrected chi connectivity index (χ0v) is 12.4. The van der Waals surface area contributed by atoms with E-state index in [-0.39, 0.29) is 23.7 Å². The van der Waals surface area contributed by atoms with E-state index in [1.54, 1.807) is 6.20 Å². The van der Waals surface area contributed by atoms with Crippen LogP contribution in [-0.2, 0) is 9.59 Å². The van der Waals surface area contributed by atoms with E-state index in [0.717, 1.165) is 5.56 Å². The van der Waals surface area contributed by atoms with Gasteiger partial charge < -0.3 is 22.1 Å². The zero-order chi connectivity index (χ0) is 15.7. The summed E-state index contributed by atoms with van der Waals surface area (Å²) < 4.78 is 0. The molecule has 1 aliphatic rings. The second kappa shape index (κ2) is 5.79. The minimum Gasteiger partial charge on any atom is -0.323 e. The van der Waals surface area contributed by atoms with E-state index in [0.29, 0.717) is 11.4 Å². The second-order valence-electron chi connectivity index (χ2n) is 5.71. The molecule has 21 heavy (non-hydrogen) atoms. The third kappa shape index (κ3) is 2.88. The van der Waals surface area contributed by atoms with Crippen molar-refractivity contribution < 1.29 is 9.59 Å². The van der Waals surface area contributed by atoms with Gasteiger partial charge in [0.2, 0.25) is 11.8 Å². The molecule has 0 saturated carbocycles. The number of amides is 2. The molecule has 0 aliphatic carbocycles. The van der Waals surface area contributed by atoms with Crippen LogP contribution in [0.15, 0.2) is 12.4 Å². The van der Waals surface area contributed by atoms with Crippen LogP contribution >= 0.6 is 0 Å². The molecule has 0 spiro atoms. The average Bonchev–Trinajstić information content (AvgIpc) is 2.44. The lowest BCUT2D eigenvalue weighted by atomic mass is 9.89. The average molecular weight is 291 g/mol. The number of hydrogen-bond acceptors (Lipinski definition) is 5. The number of carbonyl (C=O) groups excluding carboxylic acids is 2. The van der Waals surface area contributed by atoms with Crippen molar-refractivity contribution in [3.8, 4) is 0 Å². The topological polar surface area (TPSA) is 123 Å². The molecular formula is C14H21N5O2. The molecule has 0 fully saturated rings. The van der Waals surface area contributed by atoms with E-state index in [9.17, 15) is 9.59 Å². The SMILES string of the molecule is CC(C)C(N)C(=O)Nc1cncc2c1NC(=O)C(N)C2C. The molecule has 2 heterocycles. The molecule has 2 amide bonds. The van der Waals surface area contributed by atoms with E-state index >= 15 is 0 Å². The number of fused-ring (bicyclic) bond motifs is 1. The minimum atomic E-state index is -0.625. The van der Waals surface area contributed by atoms with Crippen molar-refractivity contribution in [2.24, 2.45) is 17.4 Å². The molecule has 1 aromatic heterocycles. The molecule has 0 saturated heterocycles. The second-order valence-corrected chi connectivity index (χ2v) is 5.71. The molecular weight excluding hydrogens is 270 g/mol. The van der Waals surface area contributed by atoms with E-state index in [4.69, 9.17) is 11.5 Å². The van der Waals surface area contributed by atoms with Crippen molar-refractivity contribution in [1.82, 2.24) is 4.98 Å². The molecule has 0 aromatic carbocycles. The van der Waals surface area contributed by atoms with Crippen LogP contribution in [0.5, 0.6) is 0 Å². The number of nitrogens with two attached hydrogens (primary N) is 2. The van der Waals surface area contributed by atoms with Crippen molar-refractivity contribution in [2.45, 2.75) is 38.8 Å². The number of rotatable bonds is 3. The van der Waals surface area contributed by atoms with Crippen molar-refractivity contribution in [2.75, 3.05) is 10.6 Å². The number of carbonyl (C=O) groups is 2. The number of hydrogen-bond donors (Lipinski definition) is 4. The molecule has 1 aromatic rings. The number of anilines is 2. The van der Waals surface area contributed by atoms with Crippen LogP contribution in [0, 0.1) is 5.92 Å². The van der Waals surface area contributed by atoms with Crippen LogP contribution < -0.4 is 22.1 Å². The summed E-state index contributed by atoms with van der Waals surface area (Å²) in [6.45, 7) is 5.59. The lowest BCUT2D eigenvalue weighted by molar-refractivity contribution is -0.119. The van der Waals surface area contributed by atoms with Gasteiger partial charge in [-0.25, -0.2) is 0 Å². The summed E-state index contributed by atoms with van der Waals surface area (Å²) in [5.74, 6) is -0.738. The first-order valence-electron chi connectivity index (χ1n) is 6.93. The third-order valence-electron chi connectivity index (χ3n) is 3.83. The number of aromatic nitrogens is 1. The van der Waals surface area contributed by atoms with Crippen LogP contribution in [-0.4, -0.2) is 28.9 Å². The lowest BCUT2D eigenvalue weighted by Gasteiger charge is -2.29. The first kappa shape index (κ1) is 15.4. The fourth-order valence-corrected chi connectivity index (χ4v) is 2.20. The van der Waals surface area contributed by atoms with Gasteiger partial charge in [0.1, 0.15) is 0 Å². The molecule has 0 radical (unpaired) electrons. The Kier molecular flexibility index (Phi) is 4.24. The highest BCUT2D eigenvalue weighted by atomic mass is 16.2. The van der Waals surface area contributed by atoms with Crippen LogP contribution in [0.3, 0.4) is 0 Å². The molecule has 3 atom stereocenters. The van der Waals surface area contributed by atoms with Gasteiger partial charge in [-0.3, -0.25) is 14.6 Å². The maximum atomic E-state index is 12.1. The standard InChI is InChI=1S/C14H21N5O2/c1-6(2)10(15)13(20)18-9-5-17-4-8-7(3)11(16)14(21)19-12(8)9/h4-7,10-11H,15-16H2,1-3H3,(H,18,20)(H,19,21). The maximum absolute atomic E-state index is 12.1. The van der Waals surface area contributed by atoms with Gasteiger partial charge in [-0.15, -0.1) is 0 Å². The fourth-order valence-electron chi connectivity index (χ4n) is 2.20. The Morgan fingerprint density at radius 3 is 2.71 bits per heavy atom. The summed E-state index contributed by atoms with van der Waals surface area (Å²) in [6, 6.07) is -1.25. The quantitative estimate of drug-likeness (QED) is 0.641. The number of nitrogens with one attached hydrogen (secondary N) is 2. The molecule has 7 nitrogen and oxygen atoms in total. The van der Waals surface area contributed by atoms with E-state index < -0.39 is 12.1 Å². The smallest absolute Gasteiger partial charge is 0.241 e. The summed E-state index contributed by atoms with van der Waals surface area (Å²) in [6.07, 6.45) is 3.14. The van der Waals surface area contributed by atoms with Crippen molar-refractivity contribution in [1.29, 1.82) is 0 Å². The van der Waals surface area contributed by atoms with Gasteiger partial charge in [0, 0.05) is 17.7 Å². The highest BCUT2D eigenvalue weighted by Gasteiger charge is 2.32. The molecule has 7 heteroatoms. The van der Waals surface area contributed by atoms with Gasteiger partial charge in [0.25, 0.3) is 0 Å². The Hall–Kier alpha value is -1.99. The van der Waals surface area contributed by atoms with E-state index in [1.165, 1.54) is 6.20 Å². The minimum absolute atomic E-state index is 0.0134. The summed E-state index contributed by atoms with van der Waals surface area (Å²) in [7, 11) is 0. The highest BCUT2D eigenvalue weighted by molar-refractivity contribution is 6.05. The predicted octanol–water partition coefficient (Wildman–Crippen LogP) is 0.386. The highest BCUT2D eigenvalue weighted by Crippen LogP contribution is 2.35. The monoisotopic (exact) mass is 291 g/mol.